The van der Waals surface area contributed by atoms with E-state index in [-0.39, 0.29) is 37.5 Å². The molecule has 0 spiro atoms. The Labute approximate surface area is 188 Å². The number of hydrogen-bond acceptors (Lipinski definition) is 4. The van der Waals surface area contributed by atoms with E-state index in [1.54, 1.807) is 17.2 Å². The number of likely N-dealkylation sites (N-methyl/N-ethyl adjacent to an activating group) is 1. The summed E-state index contributed by atoms with van der Waals surface area (Å²) in [5.74, 6) is 0.313. The Morgan fingerprint density at radius 3 is 2.56 bits per heavy atom. The summed E-state index contributed by atoms with van der Waals surface area (Å²) < 4.78 is 5.44. The van der Waals surface area contributed by atoms with Crippen LogP contribution in [-0.4, -0.2) is 41.8 Å². The average Bonchev–Trinajstić information content (AvgIpc) is 3.32. The number of rotatable bonds is 8. The summed E-state index contributed by atoms with van der Waals surface area (Å²) in [6.45, 7) is 0.449. The zero-order valence-corrected chi connectivity index (χ0v) is 18.4. The van der Waals surface area contributed by atoms with Crippen LogP contribution in [0.1, 0.15) is 35.8 Å². The van der Waals surface area contributed by atoms with E-state index in [2.05, 4.69) is 34.5 Å². The van der Waals surface area contributed by atoms with Crippen molar-refractivity contribution in [3.05, 3.63) is 89.9 Å². The van der Waals surface area contributed by atoms with E-state index in [1.165, 1.54) is 11.1 Å². The molecule has 1 aliphatic rings. The molecule has 0 saturated heterocycles. The molecule has 0 bridgehead atoms. The van der Waals surface area contributed by atoms with Crippen molar-refractivity contribution >= 4 is 17.5 Å². The molecule has 0 saturated carbocycles. The summed E-state index contributed by atoms with van der Waals surface area (Å²) in [6, 6.07) is 21.5. The number of nitrogens with zero attached hydrogens (tertiary/aromatic N) is 2. The van der Waals surface area contributed by atoms with Crippen LogP contribution in [0.25, 0.3) is 0 Å². The zero-order valence-electron chi connectivity index (χ0n) is 18.4. The fraction of sp³-hybridized carbons (Fsp3) is 0.308. The molecule has 2 aromatic carbocycles. The third-order valence-electron chi connectivity index (χ3n) is 5.93. The van der Waals surface area contributed by atoms with Gasteiger partial charge in [0.25, 0.3) is 0 Å². The van der Waals surface area contributed by atoms with Crippen molar-refractivity contribution in [2.45, 2.75) is 31.8 Å². The van der Waals surface area contributed by atoms with Gasteiger partial charge in [0.2, 0.25) is 11.8 Å². The molecule has 6 heteroatoms. The van der Waals surface area contributed by atoms with Crippen LogP contribution in [0.2, 0.25) is 0 Å². The third kappa shape index (κ3) is 5.45. The molecular formula is C26H29N3O3. The van der Waals surface area contributed by atoms with Gasteiger partial charge in [-0.1, -0.05) is 42.5 Å². The summed E-state index contributed by atoms with van der Waals surface area (Å²) >= 11 is 0. The maximum absolute atomic E-state index is 13.3. The molecule has 0 radical (unpaired) electrons. The fourth-order valence-corrected chi connectivity index (χ4v) is 4.33. The third-order valence-corrected chi connectivity index (χ3v) is 5.93. The smallest absolute Gasteiger partial charge is 0.244 e. The van der Waals surface area contributed by atoms with Crippen molar-refractivity contribution in [1.82, 2.24) is 9.80 Å². The summed E-state index contributed by atoms with van der Waals surface area (Å²) in [5.41, 5.74) is 3.37. The Morgan fingerprint density at radius 1 is 1.00 bits per heavy atom. The number of para-hydroxylation sites is 1. The van der Waals surface area contributed by atoms with Crippen LogP contribution in [0.15, 0.2) is 77.4 Å². The molecule has 1 aromatic heterocycles. The number of fused-ring (bicyclic) bond motifs is 1. The van der Waals surface area contributed by atoms with Gasteiger partial charge in [-0.25, -0.2) is 0 Å². The van der Waals surface area contributed by atoms with Crippen molar-refractivity contribution in [1.29, 1.82) is 0 Å². The van der Waals surface area contributed by atoms with Crippen LogP contribution in [0.4, 0.5) is 5.69 Å². The first-order valence-electron chi connectivity index (χ1n) is 11.0. The second-order valence-electron chi connectivity index (χ2n) is 8.27. The molecule has 166 valence electrons. The number of hydrogen-bond donors (Lipinski definition) is 1. The molecule has 1 N–H and O–H groups in total. The van der Waals surface area contributed by atoms with Crippen molar-refractivity contribution in [3.63, 3.8) is 0 Å². The number of anilines is 1. The lowest BCUT2D eigenvalue weighted by molar-refractivity contribution is -0.136. The van der Waals surface area contributed by atoms with E-state index in [4.69, 9.17) is 4.42 Å². The second kappa shape index (κ2) is 10.3. The Morgan fingerprint density at radius 2 is 1.78 bits per heavy atom. The highest BCUT2D eigenvalue weighted by atomic mass is 16.3. The number of amides is 2. The van der Waals surface area contributed by atoms with Crippen LogP contribution >= 0.6 is 0 Å². The zero-order chi connectivity index (χ0) is 22.3. The molecular weight excluding hydrogens is 402 g/mol. The van der Waals surface area contributed by atoms with E-state index in [9.17, 15) is 9.59 Å². The summed E-state index contributed by atoms with van der Waals surface area (Å²) in [4.78, 5) is 29.6. The second-order valence-corrected chi connectivity index (χ2v) is 8.27. The minimum Gasteiger partial charge on any atom is -0.467 e. The number of aryl methyl sites for hydroxylation is 1. The van der Waals surface area contributed by atoms with E-state index in [1.807, 2.05) is 43.4 Å². The summed E-state index contributed by atoms with van der Waals surface area (Å²) in [7, 11) is 1.99. The fourth-order valence-electron chi connectivity index (χ4n) is 4.33. The predicted octanol–water partition coefficient (Wildman–Crippen LogP) is 4.26. The van der Waals surface area contributed by atoms with Gasteiger partial charge in [-0.3, -0.25) is 14.5 Å². The lowest BCUT2D eigenvalue weighted by atomic mass is 9.87. The summed E-state index contributed by atoms with van der Waals surface area (Å²) in [5, 5.41) is 2.86. The molecule has 1 unspecified atom stereocenters. The van der Waals surface area contributed by atoms with Crippen molar-refractivity contribution in [2.75, 3.05) is 25.5 Å². The Bertz CT molecular complexity index is 1030. The van der Waals surface area contributed by atoms with Crippen LogP contribution in [0.3, 0.4) is 0 Å². The molecule has 4 rings (SSSR count). The predicted molar refractivity (Wildman–Crippen MR) is 124 cm³/mol. The first kappa shape index (κ1) is 21.8. The molecule has 1 atom stereocenters. The topological polar surface area (TPSA) is 65.8 Å². The Kier molecular flexibility index (Phi) is 7.02. The van der Waals surface area contributed by atoms with Gasteiger partial charge >= 0.3 is 0 Å². The van der Waals surface area contributed by atoms with E-state index < -0.39 is 0 Å². The quantitative estimate of drug-likeness (QED) is 0.579. The SMILES string of the molecule is CN(CC(=O)N(CC(=O)Nc1ccccc1)Cc1ccco1)C1CCCc2ccccc21. The highest BCUT2D eigenvalue weighted by Gasteiger charge is 2.27. The van der Waals surface area contributed by atoms with Gasteiger partial charge in [-0.05, 0) is 61.7 Å². The van der Waals surface area contributed by atoms with Crippen molar-refractivity contribution in [2.24, 2.45) is 0 Å². The first-order valence-corrected chi connectivity index (χ1v) is 11.0. The van der Waals surface area contributed by atoms with Gasteiger partial charge in [0, 0.05) is 11.7 Å². The van der Waals surface area contributed by atoms with Gasteiger partial charge in [-0.2, -0.15) is 0 Å². The van der Waals surface area contributed by atoms with Crippen LogP contribution < -0.4 is 5.32 Å². The number of carbonyl (C=O) groups excluding carboxylic acids is 2. The molecule has 6 nitrogen and oxygen atoms in total. The standard InChI is InChI=1S/C26H29N3O3/c1-28(24-15-7-10-20-9-5-6-14-23(20)24)19-26(31)29(17-22-13-8-16-32-22)18-25(30)27-21-11-3-2-4-12-21/h2-6,8-9,11-14,16,24H,7,10,15,17-19H2,1H3,(H,27,30). The molecule has 1 aliphatic carbocycles. The normalized spacial score (nSPS) is 15.2. The van der Waals surface area contributed by atoms with E-state index in [0.717, 1.165) is 19.3 Å². The van der Waals surface area contributed by atoms with Gasteiger partial charge in [-0.15, -0.1) is 0 Å². The molecule has 2 amide bonds. The highest BCUT2D eigenvalue weighted by Crippen LogP contribution is 2.33. The Balaban J connectivity index is 1.44. The lowest BCUT2D eigenvalue weighted by Gasteiger charge is -2.34. The van der Waals surface area contributed by atoms with Crippen LogP contribution in [0.5, 0.6) is 0 Å². The van der Waals surface area contributed by atoms with Crippen LogP contribution in [0, 0.1) is 0 Å². The van der Waals surface area contributed by atoms with Crippen molar-refractivity contribution in [3.8, 4) is 0 Å². The van der Waals surface area contributed by atoms with Gasteiger partial charge in [0.05, 0.1) is 19.4 Å². The van der Waals surface area contributed by atoms with Gasteiger partial charge < -0.3 is 14.6 Å². The minimum atomic E-state index is -0.234. The number of benzene rings is 2. The first-order chi connectivity index (χ1) is 15.6. The molecule has 3 aromatic rings. The van der Waals surface area contributed by atoms with Gasteiger partial charge in [0.1, 0.15) is 12.3 Å². The maximum atomic E-state index is 13.3. The minimum absolute atomic E-state index is 0.0382. The average molecular weight is 432 g/mol. The van der Waals surface area contributed by atoms with E-state index in [0.29, 0.717) is 11.4 Å². The largest absolute Gasteiger partial charge is 0.467 e. The summed E-state index contributed by atoms with van der Waals surface area (Å²) in [6.07, 6.45) is 4.79. The van der Waals surface area contributed by atoms with Crippen molar-refractivity contribution < 1.29 is 14.0 Å². The maximum Gasteiger partial charge on any atom is 0.244 e. The number of furan rings is 1. The molecule has 1 heterocycles. The highest BCUT2D eigenvalue weighted by molar-refractivity contribution is 5.94. The number of carbonyl (C=O) groups is 2. The van der Waals surface area contributed by atoms with Gasteiger partial charge in [0.15, 0.2) is 0 Å². The molecule has 0 fully saturated rings. The Hall–Kier alpha value is -3.38. The van der Waals surface area contributed by atoms with E-state index >= 15 is 0 Å². The van der Waals surface area contributed by atoms with Crippen LogP contribution in [-0.2, 0) is 22.6 Å². The number of nitrogens with one attached hydrogen (secondary N) is 1. The monoisotopic (exact) mass is 431 g/mol. The molecule has 32 heavy (non-hydrogen) atoms. The molecule has 0 aliphatic heterocycles. The lowest BCUT2D eigenvalue weighted by Crippen LogP contribution is -2.43.